The zero-order valence-electron chi connectivity index (χ0n) is 29.9. The average Bonchev–Trinajstić information content (AvgIpc) is 3.63. The van der Waals surface area contributed by atoms with Crippen molar-refractivity contribution in [2.24, 2.45) is 0 Å². The van der Waals surface area contributed by atoms with E-state index < -0.39 is 8.07 Å². The van der Waals surface area contributed by atoms with Crippen molar-refractivity contribution in [2.75, 3.05) is 4.90 Å². The Bertz CT molecular complexity index is 2570. The van der Waals surface area contributed by atoms with Gasteiger partial charge in [0.15, 0.2) is 0 Å². The summed E-state index contributed by atoms with van der Waals surface area (Å²) in [5.74, 6) is 0. The molecule has 9 rings (SSSR count). The highest BCUT2D eigenvalue weighted by Crippen LogP contribution is 2.50. The summed E-state index contributed by atoms with van der Waals surface area (Å²) in [6, 6.07) is 57.9. The monoisotopic (exact) mass is 675 g/mol. The largest absolute Gasteiger partial charge is 0.456 e. The Morgan fingerprint density at radius 2 is 0.980 bits per heavy atom. The van der Waals surface area contributed by atoms with E-state index in [2.05, 4.69) is 184 Å². The van der Waals surface area contributed by atoms with Crippen LogP contribution < -0.4 is 10.1 Å². The quantitative estimate of drug-likeness (QED) is 0.163. The molecule has 51 heavy (non-hydrogen) atoms. The molecule has 0 unspecified atom stereocenters. The van der Waals surface area contributed by atoms with Crippen molar-refractivity contribution in [3.63, 3.8) is 0 Å². The van der Waals surface area contributed by atoms with Crippen molar-refractivity contribution in [2.45, 2.75) is 38.9 Å². The lowest BCUT2D eigenvalue weighted by Crippen LogP contribution is -2.37. The first-order valence-electron chi connectivity index (χ1n) is 17.9. The molecule has 1 aromatic heterocycles. The van der Waals surface area contributed by atoms with Crippen LogP contribution >= 0.6 is 0 Å². The molecule has 0 fully saturated rings. The first-order chi connectivity index (χ1) is 24.6. The molecule has 248 valence electrons. The number of furan rings is 1. The molecule has 0 amide bonds. The van der Waals surface area contributed by atoms with Gasteiger partial charge >= 0.3 is 0 Å². The molecule has 0 saturated heterocycles. The summed E-state index contributed by atoms with van der Waals surface area (Å²) >= 11 is 0. The van der Waals surface area contributed by atoms with Crippen LogP contribution in [0.15, 0.2) is 162 Å². The van der Waals surface area contributed by atoms with Crippen molar-refractivity contribution in [1.82, 2.24) is 0 Å². The van der Waals surface area contributed by atoms with Crippen LogP contribution in [-0.4, -0.2) is 8.07 Å². The summed E-state index contributed by atoms with van der Waals surface area (Å²) in [6.07, 6.45) is 0. The van der Waals surface area contributed by atoms with Gasteiger partial charge in [0.1, 0.15) is 11.2 Å². The summed E-state index contributed by atoms with van der Waals surface area (Å²) in [4.78, 5) is 2.40. The summed E-state index contributed by atoms with van der Waals surface area (Å²) in [6.45, 7) is 11.9. The maximum Gasteiger partial charge on any atom is 0.135 e. The standard InChI is InChI=1S/C48H41NOSi/c1-48(2)44-12-8-6-10-40(44)41-28-25-38(31-45(41)48)49(36-21-14-32(15-22-36)33-18-26-39(27-19-33)51(3,4)5)37-23-16-34(17-24-37)35-20-29-47-43(30-35)42-11-7-9-13-46(42)50-47/h6-31H,1-5H3. The molecule has 3 heteroatoms. The Morgan fingerprint density at radius 1 is 0.451 bits per heavy atom. The third-order valence-corrected chi connectivity index (χ3v) is 12.9. The molecular formula is C48H41NOSi. The van der Waals surface area contributed by atoms with Gasteiger partial charge in [0.2, 0.25) is 0 Å². The van der Waals surface area contributed by atoms with Gasteiger partial charge in [-0.3, -0.25) is 0 Å². The molecule has 1 heterocycles. The molecule has 0 spiro atoms. The predicted molar refractivity (Wildman–Crippen MR) is 220 cm³/mol. The second kappa shape index (κ2) is 11.7. The third-order valence-electron chi connectivity index (χ3n) is 10.9. The SMILES string of the molecule is CC1(C)c2ccccc2-c2ccc(N(c3ccc(-c4ccc([Si](C)(C)C)cc4)cc3)c3ccc(-c4ccc5oc6ccccc6c5c4)cc3)cc21. The molecule has 0 radical (unpaired) electrons. The summed E-state index contributed by atoms with van der Waals surface area (Å²) in [5.41, 5.74) is 15.4. The van der Waals surface area contributed by atoms with Gasteiger partial charge in [-0.05, 0) is 99.1 Å². The van der Waals surface area contributed by atoms with Crippen molar-refractivity contribution in [1.29, 1.82) is 0 Å². The number of fused-ring (bicyclic) bond motifs is 6. The topological polar surface area (TPSA) is 16.4 Å². The fourth-order valence-corrected chi connectivity index (χ4v) is 9.12. The number of hydrogen-bond acceptors (Lipinski definition) is 2. The van der Waals surface area contributed by atoms with Crippen molar-refractivity contribution in [3.05, 3.63) is 169 Å². The molecule has 1 aliphatic carbocycles. The van der Waals surface area contributed by atoms with Gasteiger partial charge in [-0.15, -0.1) is 0 Å². The molecule has 0 aliphatic heterocycles. The highest BCUT2D eigenvalue weighted by atomic mass is 28.3. The van der Waals surface area contributed by atoms with E-state index in [1.165, 1.54) is 49.7 Å². The van der Waals surface area contributed by atoms with Crippen LogP contribution in [0.1, 0.15) is 25.0 Å². The summed E-state index contributed by atoms with van der Waals surface area (Å²) in [5, 5.41) is 3.78. The fraction of sp³-hybridized carbons (Fsp3) is 0.125. The fourth-order valence-electron chi connectivity index (χ4n) is 7.95. The van der Waals surface area contributed by atoms with Crippen LogP contribution in [0.5, 0.6) is 0 Å². The maximum atomic E-state index is 6.11. The minimum atomic E-state index is -1.35. The van der Waals surface area contributed by atoms with E-state index in [1.807, 2.05) is 12.1 Å². The number of rotatable bonds is 6. The second-order valence-electron chi connectivity index (χ2n) is 15.5. The van der Waals surface area contributed by atoms with Crippen molar-refractivity contribution < 1.29 is 4.42 Å². The lowest BCUT2D eigenvalue weighted by Gasteiger charge is -2.28. The molecule has 0 bridgehead atoms. The minimum absolute atomic E-state index is 0.0840. The highest BCUT2D eigenvalue weighted by molar-refractivity contribution is 6.88. The van der Waals surface area contributed by atoms with Gasteiger partial charge in [-0.1, -0.05) is 142 Å². The van der Waals surface area contributed by atoms with Gasteiger partial charge in [0.05, 0.1) is 8.07 Å². The lowest BCUT2D eigenvalue weighted by molar-refractivity contribution is 0.660. The van der Waals surface area contributed by atoms with Crippen LogP contribution in [0.2, 0.25) is 19.6 Å². The molecule has 2 nitrogen and oxygen atoms in total. The summed E-state index contributed by atoms with van der Waals surface area (Å²) in [7, 11) is -1.35. The van der Waals surface area contributed by atoms with Crippen LogP contribution in [-0.2, 0) is 5.41 Å². The van der Waals surface area contributed by atoms with E-state index in [9.17, 15) is 0 Å². The lowest BCUT2D eigenvalue weighted by atomic mass is 9.82. The Balaban J connectivity index is 1.12. The highest BCUT2D eigenvalue weighted by Gasteiger charge is 2.35. The van der Waals surface area contributed by atoms with Gasteiger partial charge in [0.25, 0.3) is 0 Å². The van der Waals surface area contributed by atoms with Crippen molar-refractivity contribution >= 4 is 52.3 Å². The number of benzene rings is 7. The Morgan fingerprint density at radius 3 is 1.67 bits per heavy atom. The maximum absolute atomic E-state index is 6.11. The van der Waals surface area contributed by atoms with Crippen molar-refractivity contribution in [3.8, 4) is 33.4 Å². The molecule has 0 N–H and O–H groups in total. The second-order valence-corrected chi connectivity index (χ2v) is 20.5. The van der Waals surface area contributed by atoms with E-state index >= 15 is 0 Å². The molecular weight excluding hydrogens is 635 g/mol. The van der Waals surface area contributed by atoms with E-state index in [4.69, 9.17) is 4.42 Å². The molecule has 7 aromatic carbocycles. The minimum Gasteiger partial charge on any atom is -0.456 e. The van der Waals surface area contributed by atoms with E-state index in [-0.39, 0.29) is 5.41 Å². The van der Waals surface area contributed by atoms with E-state index in [0.717, 1.165) is 39.0 Å². The number of nitrogens with zero attached hydrogens (tertiary/aromatic N) is 1. The summed E-state index contributed by atoms with van der Waals surface area (Å²) < 4.78 is 6.11. The van der Waals surface area contributed by atoms with Gasteiger partial charge in [0, 0.05) is 33.2 Å². The van der Waals surface area contributed by atoms with E-state index in [0.29, 0.717) is 0 Å². The van der Waals surface area contributed by atoms with E-state index in [1.54, 1.807) is 0 Å². The molecule has 0 saturated carbocycles. The number of anilines is 3. The Labute approximate surface area is 301 Å². The number of hydrogen-bond donors (Lipinski definition) is 0. The van der Waals surface area contributed by atoms with Crippen LogP contribution in [0.4, 0.5) is 17.1 Å². The zero-order chi connectivity index (χ0) is 34.9. The van der Waals surface area contributed by atoms with Gasteiger partial charge in [-0.2, -0.15) is 0 Å². The Kier molecular flexibility index (Phi) is 7.20. The van der Waals surface area contributed by atoms with Gasteiger partial charge < -0.3 is 9.32 Å². The molecule has 0 atom stereocenters. The number of para-hydroxylation sites is 1. The van der Waals surface area contributed by atoms with Gasteiger partial charge in [-0.25, -0.2) is 0 Å². The smallest absolute Gasteiger partial charge is 0.135 e. The van der Waals surface area contributed by atoms with Crippen LogP contribution in [0.3, 0.4) is 0 Å². The Hall–Kier alpha value is -5.64. The van der Waals surface area contributed by atoms with Crippen LogP contribution in [0.25, 0.3) is 55.3 Å². The zero-order valence-corrected chi connectivity index (χ0v) is 30.9. The molecule has 8 aromatic rings. The first-order valence-corrected chi connectivity index (χ1v) is 21.4. The first kappa shape index (κ1) is 31.3. The average molecular weight is 676 g/mol. The third kappa shape index (κ3) is 5.32. The normalized spacial score (nSPS) is 13.4. The molecule has 1 aliphatic rings. The predicted octanol–water partition coefficient (Wildman–Crippen LogP) is 13.2. The van der Waals surface area contributed by atoms with Crippen LogP contribution in [0, 0.1) is 0 Å².